The number of carbonyl (C=O) groups excluding carboxylic acids is 1. The standard InChI is InChI=1S/C23H31N7O2/c1-16(13-17(2)31)20-15-26-23(28-22(20)27-18-6-7-19(32)14-18)30(21-5-3-4-8-25-21)29-11-9-24-10-12-29/h3-5,8,13,15,18-19,24,32H,6-7,9-12,14H2,1-2H3,(H,26,27,28). The third kappa shape index (κ3) is 5.29. The highest BCUT2D eigenvalue weighted by atomic mass is 16.3. The molecule has 0 radical (unpaired) electrons. The second kappa shape index (κ2) is 10.2. The van der Waals surface area contributed by atoms with Crippen LogP contribution in [0.25, 0.3) is 5.57 Å². The van der Waals surface area contributed by atoms with Crippen molar-refractivity contribution in [1.29, 1.82) is 0 Å². The minimum Gasteiger partial charge on any atom is -0.393 e. The number of carbonyl (C=O) groups is 1. The van der Waals surface area contributed by atoms with Crippen LogP contribution in [-0.2, 0) is 4.79 Å². The fraction of sp³-hybridized carbons (Fsp3) is 0.478. The number of hydrazine groups is 1. The third-order valence-corrected chi connectivity index (χ3v) is 5.80. The van der Waals surface area contributed by atoms with Crippen LogP contribution in [0.4, 0.5) is 17.6 Å². The second-order valence-corrected chi connectivity index (χ2v) is 8.38. The molecule has 1 aliphatic carbocycles. The summed E-state index contributed by atoms with van der Waals surface area (Å²) in [5, 5.41) is 21.0. The average Bonchev–Trinajstić information content (AvgIpc) is 3.19. The number of pyridine rings is 1. The second-order valence-electron chi connectivity index (χ2n) is 8.38. The smallest absolute Gasteiger partial charge is 0.248 e. The Bertz CT molecular complexity index is 960. The lowest BCUT2D eigenvalue weighted by atomic mass is 10.1. The molecule has 170 valence electrons. The summed E-state index contributed by atoms with van der Waals surface area (Å²) in [6.45, 7) is 6.78. The average molecular weight is 438 g/mol. The van der Waals surface area contributed by atoms with E-state index in [0.717, 1.165) is 56.0 Å². The number of nitrogens with one attached hydrogen (secondary N) is 2. The number of rotatable bonds is 7. The molecule has 2 fully saturated rings. The first kappa shape index (κ1) is 22.3. The molecule has 0 amide bonds. The van der Waals surface area contributed by atoms with Gasteiger partial charge in [-0.25, -0.2) is 20.0 Å². The highest BCUT2D eigenvalue weighted by Gasteiger charge is 2.27. The molecule has 1 saturated carbocycles. The normalized spacial score (nSPS) is 22.0. The first-order chi connectivity index (χ1) is 15.5. The van der Waals surface area contributed by atoms with Crippen LogP contribution in [0, 0.1) is 0 Å². The van der Waals surface area contributed by atoms with Crippen LogP contribution >= 0.6 is 0 Å². The SMILES string of the molecule is CC(=O)C=C(C)c1cnc(N(c2ccccn2)N2CCNCC2)nc1NC1CCC(O)C1. The Hall–Kier alpha value is -2.88. The van der Waals surface area contributed by atoms with E-state index in [2.05, 4.69) is 25.6 Å². The van der Waals surface area contributed by atoms with E-state index in [9.17, 15) is 9.90 Å². The van der Waals surface area contributed by atoms with Crippen LogP contribution in [0.1, 0.15) is 38.7 Å². The zero-order valence-electron chi connectivity index (χ0n) is 18.7. The fourth-order valence-corrected chi connectivity index (χ4v) is 4.24. The predicted octanol–water partition coefficient (Wildman–Crippen LogP) is 2.15. The topological polar surface area (TPSA) is 107 Å². The maximum Gasteiger partial charge on any atom is 0.248 e. The highest BCUT2D eigenvalue weighted by Crippen LogP contribution is 2.30. The summed E-state index contributed by atoms with van der Waals surface area (Å²) in [6.07, 6.45) is 7.15. The van der Waals surface area contributed by atoms with Gasteiger partial charge in [-0.2, -0.15) is 4.98 Å². The van der Waals surface area contributed by atoms with Gasteiger partial charge >= 0.3 is 0 Å². The monoisotopic (exact) mass is 437 g/mol. The molecule has 1 saturated heterocycles. The van der Waals surface area contributed by atoms with E-state index in [1.54, 1.807) is 18.5 Å². The van der Waals surface area contributed by atoms with E-state index < -0.39 is 0 Å². The molecule has 2 atom stereocenters. The van der Waals surface area contributed by atoms with Gasteiger partial charge < -0.3 is 15.7 Å². The van der Waals surface area contributed by atoms with Crippen molar-refractivity contribution in [3.05, 3.63) is 42.2 Å². The van der Waals surface area contributed by atoms with E-state index in [0.29, 0.717) is 18.2 Å². The molecule has 2 aromatic heterocycles. The van der Waals surface area contributed by atoms with Gasteiger partial charge in [0.25, 0.3) is 0 Å². The molecular weight excluding hydrogens is 406 g/mol. The zero-order valence-corrected chi connectivity index (χ0v) is 18.7. The van der Waals surface area contributed by atoms with Crippen molar-refractivity contribution < 1.29 is 9.90 Å². The van der Waals surface area contributed by atoms with Gasteiger partial charge in [-0.05, 0) is 56.9 Å². The molecular formula is C23H31N7O2. The van der Waals surface area contributed by atoms with Gasteiger partial charge in [-0.3, -0.25) is 4.79 Å². The highest BCUT2D eigenvalue weighted by molar-refractivity contribution is 5.95. The minimum absolute atomic E-state index is 0.0234. The summed E-state index contributed by atoms with van der Waals surface area (Å²) in [7, 11) is 0. The van der Waals surface area contributed by atoms with E-state index in [4.69, 9.17) is 4.98 Å². The molecule has 9 nitrogen and oxygen atoms in total. The van der Waals surface area contributed by atoms with Gasteiger partial charge in [-0.15, -0.1) is 0 Å². The summed E-state index contributed by atoms with van der Waals surface area (Å²) in [6, 6.07) is 5.90. The van der Waals surface area contributed by atoms with Gasteiger partial charge in [0.1, 0.15) is 11.6 Å². The minimum atomic E-state index is -0.294. The van der Waals surface area contributed by atoms with E-state index in [-0.39, 0.29) is 17.9 Å². The van der Waals surface area contributed by atoms with E-state index >= 15 is 0 Å². The van der Waals surface area contributed by atoms with Crippen molar-refractivity contribution in [1.82, 2.24) is 25.3 Å². The predicted molar refractivity (Wildman–Crippen MR) is 124 cm³/mol. The van der Waals surface area contributed by atoms with Crippen molar-refractivity contribution in [2.24, 2.45) is 0 Å². The van der Waals surface area contributed by atoms with Crippen molar-refractivity contribution in [2.75, 3.05) is 36.5 Å². The number of aromatic nitrogens is 3. The van der Waals surface area contributed by atoms with Crippen molar-refractivity contribution in [3.63, 3.8) is 0 Å². The largest absolute Gasteiger partial charge is 0.393 e. The van der Waals surface area contributed by atoms with Crippen LogP contribution in [0.5, 0.6) is 0 Å². The lowest BCUT2D eigenvalue weighted by molar-refractivity contribution is -0.112. The number of hydrogen-bond donors (Lipinski definition) is 3. The molecule has 3 heterocycles. The molecule has 1 aliphatic heterocycles. The first-order valence-corrected chi connectivity index (χ1v) is 11.2. The molecule has 3 N–H and O–H groups in total. The number of aliphatic hydroxyl groups excluding tert-OH is 1. The molecule has 2 aliphatic rings. The van der Waals surface area contributed by atoms with Gasteiger partial charge in [-0.1, -0.05) is 6.07 Å². The van der Waals surface area contributed by atoms with Gasteiger partial charge in [0, 0.05) is 50.2 Å². The number of allylic oxidation sites excluding steroid dienone is 2. The number of piperazine rings is 1. The Labute approximate surface area is 188 Å². The summed E-state index contributed by atoms with van der Waals surface area (Å²) >= 11 is 0. The Kier molecular flexibility index (Phi) is 7.09. The number of nitrogens with zero attached hydrogens (tertiary/aromatic N) is 5. The summed E-state index contributed by atoms with van der Waals surface area (Å²) in [5.41, 5.74) is 1.59. The van der Waals surface area contributed by atoms with Crippen LogP contribution in [0.2, 0.25) is 0 Å². The molecule has 0 aromatic carbocycles. The molecule has 0 bridgehead atoms. The van der Waals surface area contributed by atoms with E-state index in [1.807, 2.05) is 30.1 Å². The maximum atomic E-state index is 11.7. The molecule has 2 unspecified atom stereocenters. The van der Waals surface area contributed by atoms with Crippen LogP contribution in [-0.4, -0.2) is 69.2 Å². The Morgan fingerprint density at radius 1 is 1.25 bits per heavy atom. The summed E-state index contributed by atoms with van der Waals surface area (Å²) in [5.74, 6) is 1.91. The molecule has 0 spiro atoms. The van der Waals surface area contributed by atoms with Gasteiger partial charge in [0.15, 0.2) is 5.78 Å². The van der Waals surface area contributed by atoms with Gasteiger partial charge in [0.2, 0.25) is 5.95 Å². The number of ketones is 1. The van der Waals surface area contributed by atoms with Crippen molar-refractivity contribution in [3.8, 4) is 0 Å². The first-order valence-electron chi connectivity index (χ1n) is 11.2. The number of anilines is 3. The Balaban J connectivity index is 1.74. The molecule has 4 rings (SSSR count). The van der Waals surface area contributed by atoms with Crippen LogP contribution in [0.15, 0.2) is 36.7 Å². The molecule has 2 aromatic rings. The van der Waals surface area contributed by atoms with Crippen molar-refractivity contribution in [2.45, 2.75) is 45.3 Å². The zero-order chi connectivity index (χ0) is 22.5. The Morgan fingerprint density at radius 2 is 2.06 bits per heavy atom. The molecule has 9 heteroatoms. The Morgan fingerprint density at radius 3 is 2.72 bits per heavy atom. The number of aliphatic hydroxyl groups is 1. The van der Waals surface area contributed by atoms with E-state index in [1.165, 1.54) is 6.92 Å². The lowest BCUT2D eigenvalue weighted by Crippen LogP contribution is -2.51. The summed E-state index contributed by atoms with van der Waals surface area (Å²) in [4.78, 5) is 25.8. The van der Waals surface area contributed by atoms with Crippen LogP contribution in [0.3, 0.4) is 0 Å². The number of hydrogen-bond acceptors (Lipinski definition) is 9. The summed E-state index contributed by atoms with van der Waals surface area (Å²) < 4.78 is 0. The lowest BCUT2D eigenvalue weighted by Gasteiger charge is -2.37. The quantitative estimate of drug-likeness (QED) is 0.562. The van der Waals surface area contributed by atoms with Crippen LogP contribution < -0.4 is 15.6 Å². The van der Waals surface area contributed by atoms with Crippen molar-refractivity contribution >= 4 is 28.9 Å². The van der Waals surface area contributed by atoms with Gasteiger partial charge in [0.05, 0.1) is 6.10 Å². The third-order valence-electron chi connectivity index (χ3n) is 5.80. The molecule has 32 heavy (non-hydrogen) atoms. The fourth-order valence-electron chi connectivity index (χ4n) is 4.24. The maximum absolute atomic E-state index is 11.7.